The molecule has 112 valence electrons. The number of hydrogen-bond donors (Lipinski definition) is 1. The molecule has 1 N–H and O–H groups in total. The van der Waals surface area contributed by atoms with Gasteiger partial charge in [0.05, 0.1) is 18.3 Å². The lowest BCUT2D eigenvalue weighted by atomic mass is 9.82. The van der Waals surface area contributed by atoms with Crippen molar-refractivity contribution in [1.82, 2.24) is 0 Å². The Labute approximate surface area is 125 Å². The molecular formula is C17H21NO3. The van der Waals surface area contributed by atoms with E-state index in [9.17, 15) is 4.79 Å². The molecule has 1 unspecified atom stereocenters. The lowest BCUT2D eigenvalue weighted by Gasteiger charge is -2.32. The van der Waals surface area contributed by atoms with E-state index in [-0.39, 0.29) is 12.0 Å². The number of carbonyl (C=O) groups is 1. The van der Waals surface area contributed by atoms with Crippen LogP contribution in [0.25, 0.3) is 0 Å². The monoisotopic (exact) mass is 287 g/mol. The van der Waals surface area contributed by atoms with E-state index in [2.05, 4.69) is 5.32 Å². The van der Waals surface area contributed by atoms with Crippen LogP contribution in [0, 0.1) is 5.41 Å². The highest BCUT2D eigenvalue weighted by Gasteiger charge is 2.40. The molecule has 2 aromatic rings. The van der Waals surface area contributed by atoms with E-state index in [4.69, 9.17) is 9.15 Å². The van der Waals surface area contributed by atoms with E-state index >= 15 is 0 Å². The summed E-state index contributed by atoms with van der Waals surface area (Å²) in [7, 11) is 0. The molecule has 0 aliphatic carbocycles. The summed E-state index contributed by atoms with van der Waals surface area (Å²) in [5.41, 5.74) is 0.167. The number of furan rings is 1. The summed E-state index contributed by atoms with van der Waals surface area (Å²) < 4.78 is 10.7. The average Bonchev–Trinajstić information content (AvgIpc) is 2.99. The quantitative estimate of drug-likeness (QED) is 0.815. The van der Waals surface area contributed by atoms with Gasteiger partial charge in [-0.2, -0.15) is 0 Å². The van der Waals surface area contributed by atoms with Gasteiger partial charge in [-0.15, -0.1) is 0 Å². The molecule has 0 saturated carbocycles. The van der Waals surface area contributed by atoms with Crippen molar-refractivity contribution >= 4 is 11.7 Å². The number of nitrogens with one attached hydrogen (secondary N) is 1. The smallest absolute Gasteiger partial charge is 0.314 e. The van der Waals surface area contributed by atoms with Crippen LogP contribution in [0.4, 0.5) is 5.69 Å². The minimum atomic E-state index is -0.760. The van der Waals surface area contributed by atoms with E-state index in [1.54, 1.807) is 13.2 Å². The van der Waals surface area contributed by atoms with Crippen molar-refractivity contribution in [3.63, 3.8) is 0 Å². The maximum absolute atomic E-state index is 12.3. The summed E-state index contributed by atoms with van der Waals surface area (Å²) in [5, 5.41) is 3.37. The molecule has 1 heterocycles. The number of carbonyl (C=O) groups excluding carboxylic acids is 1. The molecule has 0 bridgehead atoms. The first kappa shape index (κ1) is 15.2. The van der Waals surface area contributed by atoms with E-state index in [0.29, 0.717) is 12.4 Å². The Morgan fingerprint density at radius 2 is 1.95 bits per heavy atom. The molecule has 0 spiro atoms. The molecule has 4 nitrogen and oxygen atoms in total. The highest BCUT2D eigenvalue weighted by atomic mass is 16.5. The van der Waals surface area contributed by atoms with Crippen LogP contribution >= 0.6 is 0 Å². The van der Waals surface area contributed by atoms with Crippen molar-refractivity contribution < 1.29 is 13.9 Å². The number of ether oxygens (including phenoxy) is 1. The maximum Gasteiger partial charge on any atom is 0.314 e. The van der Waals surface area contributed by atoms with E-state index < -0.39 is 5.41 Å². The maximum atomic E-state index is 12.3. The lowest BCUT2D eigenvalue weighted by molar-refractivity contribution is -0.154. The number of benzene rings is 1. The zero-order valence-corrected chi connectivity index (χ0v) is 12.6. The predicted molar refractivity (Wildman–Crippen MR) is 81.9 cm³/mol. The summed E-state index contributed by atoms with van der Waals surface area (Å²) >= 11 is 0. The first-order valence-corrected chi connectivity index (χ1v) is 7.08. The third-order valence-electron chi connectivity index (χ3n) is 3.44. The van der Waals surface area contributed by atoms with E-state index in [1.807, 2.05) is 56.3 Å². The van der Waals surface area contributed by atoms with Gasteiger partial charge in [0.1, 0.15) is 11.8 Å². The van der Waals surface area contributed by atoms with Crippen LogP contribution in [0.2, 0.25) is 0 Å². The molecule has 0 fully saturated rings. The zero-order chi connectivity index (χ0) is 15.3. The Morgan fingerprint density at radius 1 is 1.24 bits per heavy atom. The van der Waals surface area contributed by atoms with Crippen LogP contribution in [-0.4, -0.2) is 12.6 Å². The second-order valence-corrected chi connectivity index (χ2v) is 5.40. The Hall–Kier alpha value is -2.23. The van der Waals surface area contributed by atoms with Gasteiger partial charge in [-0.1, -0.05) is 18.2 Å². The van der Waals surface area contributed by atoms with Gasteiger partial charge in [0.2, 0.25) is 0 Å². The Kier molecular flexibility index (Phi) is 4.68. The van der Waals surface area contributed by atoms with Gasteiger partial charge >= 0.3 is 5.97 Å². The second kappa shape index (κ2) is 6.48. The molecule has 2 rings (SSSR count). The molecule has 0 radical (unpaired) electrons. The average molecular weight is 287 g/mol. The largest absolute Gasteiger partial charge is 0.467 e. The third kappa shape index (κ3) is 3.45. The first-order chi connectivity index (χ1) is 10.1. The standard InChI is InChI=1S/C17H21NO3/c1-4-20-16(19)17(2,3)15(14-11-8-12-21-14)18-13-9-6-5-7-10-13/h5-12,15,18H,4H2,1-3H3. The summed E-state index contributed by atoms with van der Waals surface area (Å²) in [6.07, 6.45) is 1.61. The Bertz CT molecular complexity index is 561. The minimum absolute atomic E-state index is 0.255. The normalized spacial score (nSPS) is 12.7. The van der Waals surface area contributed by atoms with Gasteiger partial charge < -0.3 is 14.5 Å². The van der Waals surface area contributed by atoms with Crippen molar-refractivity contribution in [2.24, 2.45) is 5.41 Å². The molecule has 1 aromatic heterocycles. The predicted octanol–water partition coefficient (Wildman–Crippen LogP) is 4.02. The first-order valence-electron chi connectivity index (χ1n) is 7.08. The number of hydrogen-bond acceptors (Lipinski definition) is 4. The van der Waals surface area contributed by atoms with Gasteiger partial charge in [-0.25, -0.2) is 0 Å². The summed E-state index contributed by atoms with van der Waals surface area (Å²) in [6, 6.07) is 13.1. The SMILES string of the molecule is CCOC(=O)C(C)(C)C(Nc1ccccc1)c1ccco1. The van der Waals surface area contributed by atoms with Gasteiger partial charge in [0, 0.05) is 5.69 Å². The van der Waals surface area contributed by atoms with Crippen molar-refractivity contribution in [2.45, 2.75) is 26.8 Å². The number of rotatable bonds is 6. The second-order valence-electron chi connectivity index (χ2n) is 5.40. The fraction of sp³-hybridized carbons (Fsp3) is 0.353. The van der Waals surface area contributed by atoms with Crippen molar-refractivity contribution in [3.8, 4) is 0 Å². The zero-order valence-electron chi connectivity index (χ0n) is 12.6. The summed E-state index contributed by atoms with van der Waals surface area (Å²) in [5.74, 6) is 0.451. The van der Waals surface area contributed by atoms with Crippen LogP contribution in [0.5, 0.6) is 0 Å². The van der Waals surface area contributed by atoms with E-state index in [1.165, 1.54) is 0 Å². The van der Waals surface area contributed by atoms with Crippen molar-refractivity contribution in [1.29, 1.82) is 0 Å². The molecule has 21 heavy (non-hydrogen) atoms. The minimum Gasteiger partial charge on any atom is -0.467 e. The molecular weight excluding hydrogens is 266 g/mol. The van der Waals surface area contributed by atoms with Crippen LogP contribution in [0.15, 0.2) is 53.1 Å². The van der Waals surface area contributed by atoms with Crippen LogP contribution in [0.1, 0.15) is 32.6 Å². The molecule has 1 atom stereocenters. The molecule has 1 aromatic carbocycles. The summed E-state index contributed by atoms with van der Waals surface area (Å²) in [4.78, 5) is 12.3. The molecule has 0 aliphatic rings. The van der Waals surface area contributed by atoms with Crippen LogP contribution < -0.4 is 5.32 Å². The topological polar surface area (TPSA) is 51.5 Å². The van der Waals surface area contributed by atoms with Crippen molar-refractivity contribution in [2.75, 3.05) is 11.9 Å². The van der Waals surface area contributed by atoms with Gasteiger partial charge in [-0.3, -0.25) is 4.79 Å². The molecule has 0 aliphatic heterocycles. The van der Waals surface area contributed by atoms with Gasteiger partial charge in [0.15, 0.2) is 0 Å². The van der Waals surface area contributed by atoms with E-state index in [0.717, 1.165) is 5.69 Å². The highest BCUT2D eigenvalue weighted by molar-refractivity contribution is 5.77. The van der Waals surface area contributed by atoms with Crippen LogP contribution in [0.3, 0.4) is 0 Å². The molecule has 4 heteroatoms. The molecule has 0 amide bonds. The lowest BCUT2D eigenvalue weighted by Crippen LogP contribution is -2.37. The summed E-state index contributed by atoms with van der Waals surface area (Å²) in [6.45, 7) is 5.88. The van der Waals surface area contributed by atoms with Crippen LogP contribution in [-0.2, 0) is 9.53 Å². The number of para-hydroxylation sites is 1. The fourth-order valence-corrected chi connectivity index (χ4v) is 2.20. The number of anilines is 1. The number of esters is 1. The van der Waals surface area contributed by atoms with Gasteiger partial charge in [0.25, 0.3) is 0 Å². The highest BCUT2D eigenvalue weighted by Crippen LogP contribution is 2.37. The van der Waals surface area contributed by atoms with Gasteiger partial charge in [-0.05, 0) is 45.0 Å². The Balaban J connectivity index is 2.30. The molecule has 0 saturated heterocycles. The Morgan fingerprint density at radius 3 is 2.52 bits per heavy atom. The van der Waals surface area contributed by atoms with Crippen molar-refractivity contribution in [3.05, 3.63) is 54.5 Å². The fourth-order valence-electron chi connectivity index (χ4n) is 2.20. The third-order valence-corrected chi connectivity index (χ3v) is 3.44.